The Morgan fingerprint density at radius 2 is 2.15 bits per heavy atom. The van der Waals surface area contributed by atoms with Gasteiger partial charge in [0.2, 0.25) is 5.88 Å². The lowest BCUT2D eigenvalue weighted by molar-refractivity contribution is -0.139. The highest BCUT2D eigenvalue weighted by Crippen LogP contribution is 2.39. The molecule has 1 atom stereocenters. The van der Waals surface area contributed by atoms with E-state index in [1.54, 1.807) is 6.07 Å². The van der Waals surface area contributed by atoms with Crippen molar-refractivity contribution < 1.29 is 27.4 Å². The minimum absolute atomic E-state index is 0.0350. The van der Waals surface area contributed by atoms with E-state index < -0.39 is 23.5 Å². The van der Waals surface area contributed by atoms with E-state index in [-0.39, 0.29) is 35.5 Å². The van der Waals surface area contributed by atoms with Gasteiger partial charge in [-0.1, -0.05) is 13.0 Å². The molecule has 26 heavy (non-hydrogen) atoms. The van der Waals surface area contributed by atoms with Crippen LogP contribution >= 0.6 is 0 Å². The number of amides is 1. The molecule has 1 aromatic heterocycles. The van der Waals surface area contributed by atoms with Crippen molar-refractivity contribution in [1.29, 1.82) is 0 Å². The smallest absolute Gasteiger partial charge is 0.423 e. The predicted octanol–water partition coefficient (Wildman–Crippen LogP) is 3.50. The predicted molar refractivity (Wildman–Crippen MR) is 85.3 cm³/mol. The molecule has 0 aliphatic carbocycles. The number of hydrogen-bond donors (Lipinski definition) is 1. The molecular formula is C17H16F3N3O3. The maximum absolute atomic E-state index is 13.2. The summed E-state index contributed by atoms with van der Waals surface area (Å²) in [6.07, 6.45) is -3.39. The summed E-state index contributed by atoms with van der Waals surface area (Å²) in [5.74, 6) is -0.848. The second-order valence-corrected chi connectivity index (χ2v) is 5.75. The minimum Gasteiger partial charge on any atom is -0.490 e. The molecule has 138 valence electrons. The van der Waals surface area contributed by atoms with Crippen LogP contribution in [0.5, 0.6) is 17.4 Å². The number of alkyl halides is 3. The Morgan fingerprint density at radius 1 is 1.38 bits per heavy atom. The first-order valence-electron chi connectivity index (χ1n) is 7.95. The van der Waals surface area contributed by atoms with Gasteiger partial charge in [-0.25, -0.2) is 4.98 Å². The number of benzene rings is 1. The molecule has 1 aliphatic heterocycles. The lowest BCUT2D eigenvalue weighted by Gasteiger charge is -2.15. The third-order valence-electron chi connectivity index (χ3n) is 3.87. The first kappa shape index (κ1) is 18.0. The number of halogens is 3. The second kappa shape index (κ2) is 6.81. The number of fused-ring (bicyclic) bond motifs is 1. The van der Waals surface area contributed by atoms with Crippen molar-refractivity contribution in [2.75, 3.05) is 6.61 Å². The fourth-order valence-electron chi connectivity index (χ4n) is 2.48. The number of aromatic nitrogens is 2. The molecule has 0 unspecified atom stereocenters. The van der Waals surface area contributed by atoms with Gasteiger partial charge in [0.1, 0.15) is 35.1 Å². The highest BCUT2D eigenvalue weighted by molar-refractivity contribution is 6.00. The number of carbonyl (C=O) groups is 1. The normalized spacial score (nSPS) is 17.0. The van der Waals surface area contributed by atoms with E-state index in [0.717, 1.165) is 0 Å². The van der Waals surface area contributed by atoms with Crippen LogP contribution < -0.4 is 14.8 Å². The third kappa shape index (κ3) is 3.56. The molecule has 1 aromatic carbocycles. The number of carbonyl (C=O) groups excluding carboxylic acids is 1. The molecule has 0 radical (unpaired) electrons. The van der Waals surface area contributed by atoms with E-state index in [9.17, 15) is 18.0 Å². The van der Waals surface area contributed by atoms with Crippen molar-refractivity contribution in [3.63, 3.8) is 0 Å². The molecule has 1 amide bonds. The molecular weight excluding hydrogens is 351 g/mol. The van der Waals surface area contributed by atoms with Crippen molar-refractivity contribution in [1.82, 2.24) is 15.3 Å². The van der Waals surface area contributed by atoms with Crippen molar-refractivity contribution in [3.05, 3.63) is 41.3 Å². The molecule has 0 fully saturated rings. The summed E-state index contributed by atoms with van der Waals surface area (Å²) in [5.41, 5.74) is -1.09. The van der Waals surface area contributed by atoms with Gasteiger partial charge < -0.3 is 14.8 Å². The molecule has 1 aliphatic rings. The fraction of sp³-hybridized carbons (Fsp3) is 0.353. The first-order valence-corrected chi connectivity index (χ1v) is 7.95. The summed E-state index contributed by atoms with van der Waals surface area (Å²) in [6.45, 7) is 3.60. The van der Waals surface area contributed by atoms with Gasteiger partial charge >= 0.3 is 6.18 Å². The molecule has 3 rings (SSSR count). The van der Waals surface area contributed by atoms with Crippen LogP contribution in [0.2, 0.25) is 0 Å². The number of hydrogen-bond acceptors (Lipinski definition) is 5. The summed E-state index contributed by atoms with van der Waals surface area (Å²) in [7, 11) is 0. The lowest BCUT2D eigenvalue weighted by Crippen LogP contribution is -2.36. The Hall–Kier alpha value is -2.84. The maximum Gasteiger partial charge on any atom is 0.423 e. The SMILES string of the molecule is CC[C@H]1COc2cccc(Oc3nc(C)ncc3C(F)(F)F)c2C(=O)N1. The number of nitrogens with zero attached hydrogens (tertiary/aromatic N) is 2. The summed E-state index contributed by atoms with van der Waals surface area (Å²) in [6, 6.07) is 4.30. The monoisotopic (exact) mass is 367 g/mol. The van der Waals surface area contributed by atoms with E-state index in [0.29, 0.717) is 12.6 Å². The van der Waals surface area contributed by atoms with Crippen LogP contribution in [0.15, 0.2) is 24.4 Å². The summed E-state index contributed by atoms with van der Waals surface area (Å²) >= 11 is 0. The van der Waals surface area contributed by atoms with Crippen LogP contribution in [0.25, 0.3) is 0 Å². The highest BCUT2D eigenvalue weighted by atomic mass is 19.4. The Balaban J connectivity index is 2.04. The topological polar surface area (TPSA) is 73.3 Å². The molecule has 0 bridgehead atoms. The van der Waals surface area contributed by atoms with Crippen LogP contribution in [0, 0.1) is 6.92 Å². The van der Waals surface area contributed by atoms with Gasteiger partial charge in [-0.2, -0.15) is 18.2 Å². The fourth-order valence-corrected chi connectivity index (χ4v) is 2.48. The maximum atomic E-state index is 13.2. The number of rotatable bonds is 3. The Labute approximate surface area is 147 Å². The molecule has 0 spiro atoms. The van der Waals surface area contributed by atoms with E-state index in [4.69, 9.17) is 9.47 Å². The van der Waals surface area contributed by atoms with Crippen LogP contribution in [0.3, 0.4) is 0 Å². The van der Waals surface area contributed by atoms with Crippen LogP contribution in [0.4, 0.5) is 13.2 Å². The van der Waals surface area contributed by atoms with Crippen molar-refractivity contribution in [2.24, 2.45) is 0 Å². The number of ether oxygens (including phenoxy) is 2. The summed E-state index contributed by atoms with van der Waals surface area (Å²) in [4.78, 5) is 19.8. The first-order chi connectivity index (χ1) is 12.3. The van der Waals surface area contributed by atoms with Gasteiger partial charge in [0, 0.05) is 6.20 Å². The van der Waals surface area contributed by atoms with Gasteiger partial charge in [-0.15, -0.1) is 0 Å². The second-order valence-electron chi connectivity index (χ2n) is 5.75. The summed E-state index contributed by atoms with van der Waals surface area (Å²) in [5, 5.41) is 2.77. The highest BCUT2D eigenvalue weighted by Gasteiger charge is 2.37. The molecule has 6 nitrogen and oxygen atoms in total. The van der Waals surface area contributed by atoms with E-state index >= 15 is 0 Å². The molecule has 0 saturated heterocycles. The molecule has 1 N–H and O–H groups in total. The Kier molecular flexibility index (Phi) is 4.71. The quantitative estimate of drug-likeness (QED) is 0.899. The van der Waals surface area contributed by atoms with Crippen molar-refractivity contribution >= 4 is 5.91 Å². The molecule has 2 heterocycles. The van der Waals surface area contributed by atoms with Crippen LogP contribution in [-0.2, 0) is 6.18 Å². The van der Waals surface area contributed by atoms with E-state index in [1.807, 2.05) is 6.92 Å². The van der Waals surface area contributed by atoms with Crippen molar-refractivity contribution in [3.8, 4) is 17.4 Å². The zero-order valence-corrected chi connectivity index (χ0v) is 14.1. The van der Waals surface area contributed by atoms with Crippen molar-refractivity contribution in [2.45, 2.75) is 32.5 Å². The number of nitrogens with one attached hydrogen (secondary N) is 1. The van der Waals surface area contributed by atoms with Crippen LogP contribution in [0.1, 0.15) is 35.1 Å². The number of aryl methyl sites for hydroxylation is 1. The van der Waals surface area contributed by atoms with Gasteiger partial charge in [0.25, 0.3) is 5.91 Å². The molecule has 9 heteroatoms. The zero-order chi connectivity index (χ0) is 18.9. The average Bonchev–Trinajstić information content (AvgIpc) is 2.73. The van der Waals surface area contributed by atoms with Gasteiger partial charge in [0.05, 0.1) is 6.04 Å². The van der Waals surface area contributed by atoms with Crippen LogP contribution in [-0.4, -0.2) is 28.5 Å². The van der Waals surface area contributed by atoms with E-state index in [1.165, 1.54) is 19.1 Å². The molecule has 0 saturated carbocycles. The Bertz CT molecular complexity index is 840. The third-order valence-corrected chi connectivity index (χ3v) is 3.87. The average molecular weight is 367 g/mol. The van der Waals surface area contributed by atoms with E-state index in [2.05, 4.69) is 15.3 Å². The minimum atomic E-state index is -4.69. The van der Waals surface area contributed by atoms with Gasteiger partial charge in [-0.3, -0.25) is 4.79 Å². The molecule has 2 aromatic rings. The standard InChI is InChI=1S/C17H16F3N3O3/c1-3-10-8-25-12-5-4-6-13(14(12)15(24)23-10)26-16-11(17(18,19)20)7-21-9(2)22-16/h4-7,10H,3,8H2,1-2H3,(H,23,24)/t10-/m0/s1. The van der Waals surface area contributed by atoms with Gasteiger partial charge in [-0.05, 0) is 25.5 Å². The Morgan fingerprint density at radius 3 is 2.85 bits per heavy atom. The lowest BCUT2D eigenvalue weighted by atomic mass is 10.1. The largest absolute Gasteiger partial charge is 0.490 e. The zero-order valence-electron chi connectivity index (χ0n) is 14.1. The van der Waals surface area contributed by atoms with Gasteiger partial charge in [0.15, 0.2) is 0 Å². The summed E-state index contributed by atoms with van der Waals surface area (Å²) < 4.78 is 50.6.